The molecule has 1 N–H and O–H groups in total. The van der Waals surface area contributed by atoms with Crippen molar-refractivity contribution in [3.63, 3.8) is 0 Å². The number of amides is 1. The van der Waals surface area contributed by atoms with E-state index in [0.29, 0.717) is 5.56 Å². The molecule has 0 unspecified atom stereocenters. The van der Waals surface area contributed by atoms with Gasteiger partial charge in [0.25, 0.3) is 5.91 Å². The van der Waals surface area contributed by atoms with E-state index in [1.165, 1.54) is 0 Å². The normalized spacial score (nSPS) is 10.7. The van der Waals surface area contributed by atoms with E-state index in [9.17, 15) is 4.79 Å². The van der Waals surface area contributed by atoms with E-state index in [1.54, 1.807) is 11.3 Å². The van der Waals surface area contributed by atoms with Crippen molar-refractivity contribution in [1.82, 2.24) is 4.98 Å². The molecule has 5 heteroatoms. The average molecular weight is 394 g/mol. The van der Waals surface area contributed by atoms with Crippen LogP contribution < -0.4 is 5.32 Å². The molecule has 3 aromatic rings. The van der Waals surface area contributed by atoms with E-state index in [2.05, 4.69) is 32.9 Å². The SMILES string of the molecule is Cc1nc2cc(NC(=O)c3ccc(I)cc3)ccc2s1. The maximum Gasteiger partial charge on any atom is 0.255 e. The van der Waals surface area contributed by atoms with Crippen LogP contribution in [0.4, 0.5) is 5.69 Å². The Labute approximate surface area is 134 Å². The highest BCUT2D eigenvalue weighted by Gasteiger charge is 2.07. The highest BCUT2D eigenvalue weighted by Crippen LogP contribution is 2.24. The third-order valence-electron chi connectivity index (χ3n) is 2.86. The first-order valence-electron chi connectivity index (χ1n) is 6.06. The number of rotatable bonds is 2. The number of aromatic nitrogens is 1. The van der Waals surface area contributed by atoms with Crippen molar-refractivity contribution >= 4 is 55.7 Å². The minimum absolute atomic E-state index is 0.104. The summed E-state index contributed by atoms with van der Waals surface area (Å²) < 4.78 is 2.24. The molecule has 0 aliphatic rings. The number of thiazole rings is 1. The second-order valence-corrected chi connectivity index (χ2v) is 6.86. The molecule has 0 bridgehead atoms. The number of nitrogens with one attached hydrogen (secondary N) is 1. The summed E-state index contributed by atoms with van der Waals surface area (Å²) in [5.41, 5.74) is 2.35. The number of aryl methyl sites for hydroxylation is 1. The van der Waals surface area contributed by atoms with Crippen LogP contribution in [0.15, 0.2) is 42.5 Å². The highest BCUT2D eigenvalue weighted by atomic mass is 127. The Morgan fingerprint density at radius 3 is 2.70 bits per heavy atom. The van der Waals surface area contributed by atoms with Gasteiger partial charge in [0.05, 0.1) is 15.2 Å². The summed E-state index contributed by atoms with van der Waals surface area (Å²) in [5, 5.41) is 3.93. The fourth-order valence-electron chi connectivity index (χ4n) is 1.92. The Bertz CT molecular complexity index is 780. The van der Waals surface area contributed by atoms with E-state index in [-0.39, 0.29) is 5.91 Å². The summed E-state index contributed by atoms with van der Waals surface area (Å²) in [6.45, 7) is 1.98. The maximum absolute atomic E-state index is 12.1. The van der Waals surface area contributed by atoms with Gasteiger partial charge >= 0.3 is 0 Å². The molecule has 2 aromatic carbocycles. The largest absolute Gasteiger partial charge is 0.322 e. The van der Waals surface area contributed by atoms with Crippen molar-refractivity contribution in [1.29, 1.82) is 0 Å². The predicted molar refractivity (Wildman–Crippen MR) is 91.5 cm³/mol. The summed E-state index contributed by atoms with van der Waals surface area (Å²) in [6, 6.07) is 13.3. The van der Waals surface area contributed by atoms with Crippen LogP contribution in [0.5, 0.6) is 0 Å². The van der Waals surface area contributed by atoms with Crippen molar-refractivity contribution in [3.8, 4) is 0 Å². The Morgan fingerprint density at radius 2 is 1.95 bits per heavy atom. The van der Waals surface area contributed by atoms with Crippen LogP contribution >= 0.6 is 33.9 Å². The number of carbonyl (C=O) groups is 1. The van der Waals surface area contributed by atoms with Crippen LogP contribution in [-0.2, 0) is 0 Å². The van der Waals surface area contributed by atoms with Gasteiger partial charge in [0.15, 0.2) is 0 Å². The molecule has 0 spiro atoms. The lowest BCUT2D eigenvalue weighted by Crippen LogP contribution is -2.11. The number of benzene rings is 2. The molecule has 3 rings (SSSR count). The minimum Gasteiger partial charge on any atom is -0.322 e. The van der Waals surface area contributed by atoms with Crippen molar-refractivity contribution in [2.45, 2.75) is 6.92 Å². The number of halogens is 1. The third kappa shape index (κ3) is 2.83. The van der Waals surface area contributed by atoms with Crippen LogP contribution in [0.3, 0.4) is 0 Å². The Morgan fingerprint density at radius 1 is 1.20 bits per heavy atom. The molecule has 0 saturated heterocycles. The first-order valence-corrected chi connectivity index (χ1v) is 7.95. The summed E-state index contributed by atoms with van der Waals surface area (Å²) in [4.78, 5) is 16.6. The molecule has 1 aromatic heterocycles. The van der Waals surface area contributed by atoms with Crippen LogP contribution in [0, 0.1) is 10.5 Å². The maximum atomic E-state index is 12.1. The van der Waals surface area contributed by atoms with Gasteiger partial charge in [-0.1, -0.05) is 0 Å². The molecule has 1 amide bonds. The molecule has 100 valence electrons. The van der Waals surface area contributed by atoms with Gasteiger partial charge in [-0.15, -0.1) is 11.3 Å². The zero-order valence-electron chi connectivity index (χ0n) is 10.7. The minimum atomic E-state index is -0.104. The number of carbonyl (C=O) groups excluding carboxylic acids is 1. The van der Waals surface area contributed by atoms with E-state index >= 15 is 0 Å². The van der Waals surface area contributed by atoms with Crippen LogP contribution in [-0.4, -0.2) is 10.9 Å². The van der Waals surface area contributed by atoms with Gasteiger partial charge in [-0.25, -0.2) is 4.98 Å². The lowest BCUT2D eigenvalue weighted by atomic mass is 10.2. The van der Waals surface area contributed by atoms with Crippen LogP contribution in [0.1, 0.15) is 15.4 Å². The van der Waals surface area contributed by atoms with Gasteiger partial charge in [-0.2, -0.15) is 0 Å². The summed E-state index contributed by atoms with van der Waals surface area (Å²) in [5.74, 6) is -0.104. The topological polar surface area (TPSA) is 42.0 Å². The van der Waals surface area contributed by atoms with Crippen LogP contribution in [0.2, 0.25) is 0 Å². The molecular formula is C15H11IN2OS. The first-order chi connectivity index (χ1) is 9.61. The molecule has 0 fully saturated rings. The summed E-state index contributed by atoms with van der Waals surface area (Å²) in [7, 11) is 0. The first kappa shape index (κ1) is 13.5. The van der Waals surface area contributed by atoms with Crippen molar-refractivity contribution in [2.75, 3.05) is 5.32 Å². The summed E-state index contributed by atoms with van der Waals surface area (Å²) >= 11 is 3.87. The van der Waals surface area contributed by atoms with E-state index < -0.39 is 0 Å². The fourth-order valence-corrected chi connectivity index (χ4v) is 3.09. The molecule has 0 aliphatic carbocycles. The van der Waals surface area contributed by atoms with Gasteiger partial charge in [0.1, 0.15) is 0 Å². The van der Waals surface area contributed by atoms with Gasteiger partial charge < -0.3 is 5.32 Å². The number of anilines is 1. The van der Waals surface area contributed by atoms with Crippen LogP contribution in [0.25, 0.3) is 10.2 Å². The zero-order chi connectivity index (χ0) is 14.1. The molecule has 0 radical (unpaired) electrons. The number of fused-ring (bicyclic) bond motifs is 1. The average Bonchev–Trinajstić information content (AvgIpc) is 2.78. The van der Waals surface area contributed by atoms with Gasteiger partial charge in [0.2, 0.25) is 0 Å². The molecule has 0 aliphatic heterocycles. The Balaban J connectivity index is 1.84. The van der Waals surface area contributed by atoms with Gasteiger partial charge in [0, 0.05) is 14.8 Å². The van der Waals surface area contributed by atoms with Gasteiger partial charge in [-0.05, 0) is 72.0 Å². The van der Waals surface area contributed by atoms with Crippen molar-refractivity contribution in [2.24, 2.45) is 0 Å². The monoisotopic (exact) mass is 394 g/mol. The Kier molecular flexibility index (Phi) is 3.71. The van der Waals surface area contributed by atoms with E-state index in [0.717, 1.165) is 24.5 Å². The molecular weight excluding hydrogens is 383 g/mol. The molecule has 20 heavy (non-hydrogen) atoms. The molecule has 3 nitrogen and oxygen atoms in total. The standard InChI is InChI=1S/C15H11IN2OS/c1-9-17-13-8-12(6-7-14(13)20-9)18-15(19)10-2-4-11(16)5-3-10/h2-8H,1H3,(H,18,19). The lowest BCUT2D eigenvalue weighted by molar-refractivity contribution is 0.102. The quantitative estimate of drug-likeness (QED) is 0.652. The smallest absolute Gasteiger partial charge is 0.255 e. The van der Waals surface area contributed by atoms with E-state index in [4.69, 9.17) is 0 Å². The predicted octanol–water partition coefficient (Wildman–Crippen LogP) is 4.46. The fraction of sp³-hybridized carbons (Fsp3) is 0.0667. The number of hydrogen-bond donors (Lipinski definition) is 1. The Hall–Kier alpha value is -1.47. The second-order valence-electron chi connectivity index (χ2n) is 4.38. The van der Waals surface area contributed by atoms with Crippen molar-refractivity contribution in [3.05, 3.63) is 56.6 Å². The zero-order valence-corrected chi connectivity index (χ0v) is 13.7. The number of nitrogens with zero attached hydrogens (tertiary/aromatic N) is 1. The molecule has 0 atom stereocenters. The second kappa shape index (κ2) is 5.49. The highest BCUT2D eigenvalue weighted by molar-refractivity contribution is 14.1. The summed E-state index contributed by atoms with van der Waals surface area (Å²) in [6.07, 6.45) is 0. The molecule has 0 saturated carbocycles. The molecule has 1 heterocycles. The third-order valence-corrected chi connectivity index (χ3v) is 4.53. The van der Waals surface area contributed by atoms with E-state index in [1.807, 2.05) is 49.4 Å². The van der Waals surface area contributed by atoms with Gasteiger partial charge in [-0.3, -0.25) is 4.79 Å². The number of hydrogen-bond acceptors (Lipinski definition) is 3. The lowest BCUT2D eigenvalue weighted by Gasteiger charge is -2.05. The van der Waals surface area contributed by atoms with Crippen molar-refractivity contribution < 1.29 is 4.79 Å².